The molecule has 2 aromatic rings. The molecule has 3 rings (SSSR count). The first-order valence-electron chi connectivity index (χ1n) is 8.38. The first-order valence-corrected chi connectivity index (χ1v) is 10.3. The highest BCUT2D eigenvalue weighted by Crippen LogP contribution is 2.22. The van der Waals surface area contributed by atoms with Crippen LogP contribution in [0.2, 0.25) is 0 Å². The van der Waals surface area contributed by atoms with Crippen LogP contribution in [-0.2, 0) is 29.4 Å². The molecule has 0 radical (unpaired) electrons. The number of sulfonamides is 1. The van der Waals surface area contributed by atoms with Gasteiger partial charge in [-0.3, -0.25) is 9.52 Å². The van der Waals surface area contributed by atoms with Crippen molar-refractivity contribution in [3.8, 4) is 0 Å². The molecular formula is C19H22N2O3S. The maximum absolute atomic E-state index is 12.5. The quantitative estimate of drug-likeness (QED) is 0.863. The summed E-state index contributed by atoms with van der Waals surface area (Å²) in [6.07, 6.45) is 5.60. The Labute approximate surface area is 148 Å². The van der Waals surface area contributed by atoms with E-state index in [0.717, 1.165) is 24.7 Å². The highest BCUT2D eigenvalue weighted by atomic mass is 32.2. The predicted molar refractivity (Wildman–Crippen MR) is 99.2 cm³/mol. The Morgan fingerprint density at radius 3 is 2.52 bits per heavy atom. The number of hydrogen-bond donors (Lipinski definition) is 2. The molecule has 25 heavy (non-hydrogen) atoms. The van der Waals surface area contributed by atoms with Crippen molar-refractivity contribution >= 4 is 21.6 Å². The number of amides is 1. The molecule has 6 heteroatoms. The lowest BCUT2D eigenvalue weighted by Gasteiger charge is -2.16. The standard InChI is InChI=1S/C19H22N2O3S/c1-25(23,24)21-18-9-5-4-8-17(18)13-20-19(22)16-11-10-14-6-2-3-7-15(14)12-16/h4-5,8-12,21H,2-3,6-7,13H2,1H3,(H,20,22). The van der Waals surface area contributed by atoms with Gasteiger partial charge in [0, 0.05) is 12.1 Å². The van der Waals surface area contributed by atoms with Crippen LogP contribution in [0.4, 0.5) is 5.69 Å². The van der Waals surface area contributed by atoms with Crippen molar-refractivity contribution in [1.29, 1.82) is 0 Å². The van der Waals surface area contributed by atoms with Crippen LogP contribution < -0.4 is 10.0 Å². The minimum absolute atomic E-state index is 0.150. The molecule has 0 aromatic heterocycles. The molecule has 132 valence electrons. The summed E-state index contributed by atoms with van der Waals surface area (Å²) >= 11 is 0. The van der Waals surface area contributed by atoms with Gasteiger partial charge >= 0.3 is 0 Å². The Kier molecular flexibility index (Phi) is 5.08. The molecule has 5 nitrogen and oxygen atoms in total. The maximum atomic E-state index is 12.5. The van der Waals surface area contributed by atoms with Gasteiger partial charge in [-0.15, -0.1) is 0 Å². The normalized spacial score (nSPS) is 13.8. The van der Waals surface area contributed by atoms with E-state index in [4.69, 9.17) is 0 Å². The second kappa shape index (κ2) is 7.27. The van der Waals surface area contributed by atoms with Crippen LogP contribution in [0.25, 0.3) is 0 Å². The van der Waals surface area contributed by atoms with Gasteiger partial charge in [0.2, 0.25) is 10.0 Å². The van der Waals surface area contributed by atoms with E-state index in [1.807, 2.05) is 24.3 Å². The molecule has 0 unspecified atom stereocenters. The van der Waals surface area contributed by atoms with Crippen molar-refractivity contribution in [2.24, 2.45) is 0 Å². The van der Waals surface area contributed by atoms with Gasteiger partial charge in [0.05, 0.1) is 11.9 Å². The van der Waals surface area contributed by atoms with Crippen LogP contribution in [0.3, 0.4) is 0 Å². The molecule has 0 aliphatic heterocycles. The SMILES string of the molecule is CS(=O)(=O)Nc1ccccc1CNC(=O)c1ccc2c(c1)CCCC2. The lowest BCUT2D eigenvalue weighted by Crippen LogP contribution is -2.24. The topological polar surface area (TPSA) is 75.3 Å². The predicted octanol–water partition coefficient (Wildman–Crippen LogP) is 2.87. The van der Waals surface area contributed by atoms with E-state index in [9.17, 15) is 13.2 Å². The van der Waals surface area contributed by atoms with Gasteiger partial charge in [0.15, 0.2) is 0 Å². The first kappa shape index (κ1) is 17.5. The van der Waals surface area contributed by atoms with Crippen LogP contribution in [0, 0.1) is 0 Å². The second-order valence-corrected chi connectivity index (χ2v) is 8.15. The highest BCUT2D eigenvalue weighted by molar-refractivity contribution is 7.92. The van der Waals surface area contributed by atoms with E-state index in [1.165, 1.54) is 24.0 Å². The van der Waals surface area contributed by atoms with Gasteiger partial charge in [0.1, 0.15) is 0 Å². The number of carbonyl (C=O) groups is 1. The fourth-order valence-corrected chi connectivity index (χ4v) is 3.72. The molecule has 0 atom stereocenters. The summed E-state index contributed by atoms with van der Waals surface area (Å²) < 4.78 is 25.4. The molecule has 1 amide bonds. The molecule has 0 saturated heterocycles. The molecular weight excluding hydrogens is 336 g/mol. The van der Waals surface area contributed by atoms with Gasteiger partial charge in [-0.05, 0) is 60.6 Å². The van der Waals surface area contributed by atoms with Crippen molar-refractivity contribution in [2.75, 3.05) is 11.0 Å². The molecule has 0 saturated carbocycles. The number of aryl methyl sites for hydroxylation is 2. The van der Waals surface area contributed by atoms with Crippen molar-refractivity contribution in [3.05, 3.63) is 64.7 Å². The van der Waals surface area contributed by atoms with Gasteiger partial charge in [-0.25, -0.2) is 8.42 Å². The number of rotatable bonds is 5. The number of para-hydroxylation sites is 1. The first-order chi connectivity index (χ1) is 11.9. The Bertz CT molecular complexity index is 891. The summed E-state index contributed by atoms with van der Waals surface area (Å²) in [4.78, 5) is 12.5. The van der Waals surface area contributed by atoms with Gasteiger partial charge < -0.3 is 5.32 Å². The molecule has 2 N–H and O–H groups in total. The zero-order valence-corrected chi connectivity index (χ0v) is 15.0. The summed E-state index contributed by atoms with van der Waals surface area (Å²) in [5, 5.41) is 2.87. The van der Waals surface area contributed by atoms with Crippen molar-refractivity contribution in [3.63, 3.8) is 0 Å². The van der Waals surface area contributed by atoms with Crippen LogP contribution in [-0.4, -0.2) is 20.6 Å². The Morgan fingerprint density at radius 1 is 1.04 bits per heavy atom. The number of fused-ring (bicyclic) bond motifs is 1. The van der Waals surface area contributed by atoms with E-state index in [2.05, 4.69) is 10.0 Å². The monoisotopic (exact) mass is 358 g/mol. The molecule has 0 fully saturated rings. The van der Waals surface area contributed by atoms with Crippen molar-refractivity contribution in [2.45, 2.75) is 32.2 Å². The number of nitrogens with one attached hydrogen (secondary N) is 2. The Morgan fingerprint density at radius 2 is 1.76 bits per heavy atom. The fourth-order valence-electron chi connectivity index (χ4n) is 3.13. The molecule has 0 bridgehead atoms. The van der Waals surface area contributed by atoms with E-state index in [-0.39, 0.29) is 12.5 Å². The van der Waals surface area contributed by atoms with Crippen LogP contribution in [0.15, 0.2) is 42.5 Å². The molecule has 0 heterocycles. The smallest absolute Gasteiger partial charge is 0.251 e. The highest BCUT2D eigenvalue weighted by Gasteiger charge is 2.13. The van der Waals surface area contributed by atoms with E-state index >= 15 is 0 Å². The van der Waals surface area contributed by atoms with Gasteiger partial charge in [-0.2, -0.15) is 0 Å². The van der Waals surface area contributed by atoms with E-state index in [0.29, 0.717) is 11.3 Å². The van der Waals surface area contributed by atoms with E-state index < -0.39 is 10.0 Å². The summed E-state index contributed by atoms with van der Waals surface area (Å²) in [5.41, 5.74) is 4.45. The third kappa shape index (κ3) is 4.60. The number of carbonyl (C=O) groups excluding carboxylic acids is 1. The minimum atomic E-state index is -3.36. The molecule has 1 aliphatic rings. The fraction of sp³-hybridized carbons (Fsp3) is 0.316. The molecule has 1 aliphatic carbocycles. The number of hydrogen-bond acceptors (Lipinski definition) is 3. The summed E-state index contributed by atoms with van der Waals surface area (Å²) in [7, 11) is -3.36. The minimum Gasteiger partial charge on any atom is -0.348 e. The maximum Gasteiger partial charge on any atom is 0.251 e. The zero-order valence-electron chi connectivity index (χ0n) is 14.2. The largest absolute Gasteiger partial charge is 0.348 e. The average molecular weight is 358 g/mol. The summed E-state index contributed by atoms with van der Waals surface area (Å²) in [5.74, 6) is -0.150. The van der Waals surface area contributed by atoms with E-state index in [1.54, 1.807) is 18.2 Å². The van der Waals surface area contributed by atoms with Crippen LogP contribution >= 0.6 is 0 Å². The molecule has 2 aromatic carbocycles. The number of anilines is 1. The summed E-state index contributed by atoms with van der Waals surface area (Å²) in [6.45, 7) is 0.259. The molecule has 0 spiro atoms. The average Bonchev–Trinajstić information content (AvgIpc) is 2.59. The number of benzene rings is 2. The van der Waals surface area contributed by atoms with Crippen LogP contribution in [0.1, 0.15) is 39.9 Å². The lowest BCUT2D eigenvalue weighted by atomic mass is 9.90. The van der Waals surface area contributed by atoms with Crippen LogP contribution in [0.5, 0.6) is 0 Å². The zero-order chi connectivity index (χ0) is 17.9. The Hall–Kier alpha value is -2.34. The Balaban J connectivity index is 1.71. The lowest BCUT2D eigenvalue weighted by molar-refractivity contribution is 0.0951. The third-order valence-corrected chi connectivity index (χ3v) is 4.95. The van der Waals surface area contributed by atoms with Gasteiger partial charge in [0.25, 0.3) is 5.91 Å². The third-order valence-electron chi connectivity index (χ3n) is 4.36. The van der Waals surface area contributed by atoms with Gasteiger partial charge in [-0.1, -0.05) is 24.3 Å². The summed E-state index contributed by atoms with van der Waals surface area (Å²) in [6, 6.07) is 12.9. The van der Waals surface area contributed by atoms with Crippen molar-refractivity contribution in [1.82, 2.24) is 5.32 Å². The van der Waals surface area contributed by atoms with Crippen molar-refractivity contribution < 1.29 is 13.2 Å². The second-order valence-electron chi connectivity index (χ2n) is 6.40.